The minimum atomic E-state index is 0.247. The van der Waals surface area contributed by atoms with Gasteiger partial charge in [-0.1, -0.05) is 12.1 Å². The highest BCUT2D eigenvalue weighted by Gasteiger charge is 2.14. The molecule has 0 aliphatic carbocycles. The van der Waals surface area contributed by atoms with Gasteiger partial charge < -0.3 is 10.1 Å². The summed E-state index contributed by atoms with van der Waals surface area (Å²) >= 11 is 0. The first-order valence-electron chi connectivity index (χ1n) is 7.12. The molecule has 1 heterocycles. The number of hydrogen-bond donors (Lipinski definition) is 1. The molecule has 1 aliphatic heterocycles. The maximum Gasteiger partial charge on any atom is 0.122 e. The largest absolute Gasteiger partial charge is 0.491 e. The van der Waals surface area contributed by atoms with E-state index in [-0.39, 0.29) is 6.10 Å². The molecule has 1 aromatic carbocycles. The zero-order valence-corrected chi connectivity index (χ0v) is 11.8. The Labute approximate surface area is 111 Å². The number of rotatable bonds is 4. The topological polar surface area (TPSA) is 21.3 Å². The first kappa shape index (κ1) is 13.4. The quantitative estimate of drug-likeness (QED) is 0.881. The van der Waals surface area contributed by atoms with E-state index in [1.165, 1.54) is 43.5 Å². The third kappa shape index (κ3) is 3.74. The molecular weight excluding hydrogens is 222 g/mol. The van der Waals surface area contributed by atoms with Gasteiger partial charge in [-0.05, 0) is 76.2 Å². The molecule has 0 bridgehead atoms. The van der Waals surface area contributed by atoms with E-state index >= 15 is 0 Å². The molecule has 0 aromatic heterocycles. The minimum Gasteiger partial charge on any atom is -0.491 e. The second kappa shape index (κ2) is 6.24. The molecule has 0 spiro atoms. The highest BCUT2D eigenvalue weighted by molar-refractivity contribution is 5.36. The Kier molecular flexibility index (Phi) is 4.65. The summed E-state index contributed by atoms with van der Waals surface area (Å²) in [5.41, 5.74) is 2.70. The number of nitrogens with one attached hydrogen (secondary N) is 1. The molecule has 0 radical (unpaired) electrons. The van der Waals surface area contributed by atoms with E-state index in [0.717, 1.165) is 11.7 Å². The first-order chi connectivity index (χ1) is 8.65. The van der Waals surface area contributed by atoms with Crippen LogP contribution < -0.4 is 10.1 Å². The van der Waals surface area contributed by atoms with Gasteiger partial charge in [0.05, 0.1) is 6.10 Å². The predicted octanol–water partition coefficient (Wildman–Crippen LogP) is 3.32. The maximum absolute atomic E-state index is 5.78. The van der Waals surface area contributed by atoms with Gasteiger partial charge >= 0.3 is 0 Å². The standard InChI is InChI=1S/C16H25NO/c1-12(2)18-16-7-6-14(9-13(16)3)10-15-5-4-8-17-11-15/h6-7,9,12,15,17H,4-5,8,10-11H2,1-3H3. The summed E-state index contributed by atoms with van der Waals surface area (Å²) in [7, 11) is 0. The van der Waals surface area contributed by atoms with Crippen LogP contribution in [0.15, 0.2) is 18.2 Å². The second-order valence-corrected chi connectivity index (χ2v) is 5.68. The fraction of sp³-hybridized carbons (Fsp3) is 0.625. The molecule has 0 saturated carbocycles. The highest BCUT2D eigenvalue weighted by atomic mass is 16.5. The summed E-state index contributed by atoms with van der Waals surface area (Å²) in [6, 6.07) is 6.63. The molecule has 1 atom stereocenters. The van der Waals surface area contributed by atoms with Crippen molar-refractivity contribution in [2.24, 2.45) is 5.92 Å². The summed E-state index contributed by atoms with van der Waals surface area (Å²) in [5.74, 6) is 1.82. The van der Waals surface area contributed by atoms with Crippen molar-refractivity contribution in [3.8, 4) is 5.75 Å². The van der Waals surface area contributed by atoms with Crippen molar-refractivity contribution >= 4 is 0 Å². The molecule has 1 aromatic rings. The van der Waals surface area contributed by atoms with E-state index in [9.17, 15) is 0 Å². The summed E-state index contributed by atoms with van der Waals surface area (Å²) in [4.78, 5) is 0. The van der Waals surface area contributed by atoms with Gasteiger partial charge in [-0.15, -0.1) is 0 Å². The minimum absolute atomic E-state index is 0.247. The van der Waals surface area contributed by atoms with Crippen molar-refractivity contribution in [1.82, 2.24) is 5.32 Å². The van der Waals surface area contributed by atoms with Crippen LogP contribution in [0.4, 0.5) is 0 Å². The Morgan fingerprint density at radius 1 is 1.39 bits per heavy atom. The van der Waals surface area contributed by atoms with Crippen molar-refractivity contribution in [3.05, 3.63) is 29.3 Å². The van der Waals surface area contributed by atoms with E-state index in [2.05, 4.69) is 44.3 Å². The zero-order valence-electron chi connectivity index (χ0n) is 11.8. The van der Waals surface area contributed by atoms with Crippen molar-refractivity contribution in [1.29, 1.82) is 0 Å². The molecule has 2 rings (SSSR count). The average molecular weight is 247 g/mol. The molecule has 18 heavy (non-hydrogen) atoms. The molecule has 1 fully saturated rings. The molecule has 2 nitrogen and oxygen atoms in total. The first-order valence-corrected chi connectivity index (χ1v) is 7.12. The monoisotopic (exact) mass is 247 g/mol. The lowest BCUT2D eigenvalue weighted by molar-refractivity contribution is 0.240. The molecule has 1 unspecified atom stereocenters. The molecule has 1 aliphatic rings. The van der Waals surface area contributed by atoms with Crippen LogP contribution in [-0.2, 0) is 6.42 Å². The lowest BCUT2D eigenvalue weighted by atomic mass is 9.92. The van der Waals surface area contributed by atoms with Crippen LogP contribution in [0.2, 0.25) is 0 Å². The number of aryl methyl sites for hydroxylation is 1. The van der Waals surface area contributed by atoms with Gasteiger partial charge in [-0.2, -0.15) is 0 Å². The third-order valence-corrected chi connectivity index (χ3v) is 3.53. The van der Waals surface area contributed by atoms with Gasteiger partial charge in [0.1, 0.15) is 5.75 Å². The van der Waals surface area contributed by atoms with Crippen LogP contribution >= 0.6 is 0 Å². The van der Waals surface area contributed by atoms with E-state index in [1.54, 1.807) is 0 Å². The van der Waals surface area contributed by atoms with E-state index in [1.807, 2.05) is 0 Å². The summed E-state index contributed by atoms with van der Waals surface area (Å²) in [6.07, 6.45) is 4.11. The average Bonchev–Trinajstić information content (AvgIpc) is 2.33. The Morgan fingerprint density at radius 3 is 2.83 bits per heavy atom. The van der Waals surface area contributed by atoms with Gasteiger partial charge in [0.2, 0.25) is 0 Å². The van der Waals surface area contributed by atoms with Gasteiger partial charge in [0, 0.05) is 0 Å². The van der Waals surface area contributed by atoms with Gasteiger partial charge in [0.25, 0.3) is 0 Å². The molecule has 1 saturated heterocycles. The lowest BCUT2D eigenvalue weighted by Gasteiger charge is -2.23. The number of hydrogen-bond acceptors (Lipinski definition) is 2. The summed E-state index contributed by atoms with van der Waals surface area (Å²) in [6.45, 7) is 8.64. The van der Waals surface area contributed by atoms with Crippen LogP contribution in [0.5, 0.6) is 5.75 Å². The molecule has 100 valence electrons. The molecule has 0 amide bonds. The van der Waals surface area contributed by atoms with Gasteiger partial charge in [0.15, 0.2) is 0 Å². The molecule has 2 heteroatoms. The number of piperidine rings is 1. The Hall–Kier alpha value is -1.02. The SMILES string of the molecule is Cc1cc(CC2CCCNC2)ccc1OC(C)C. The maximum atomic E-state index is 5.78. The zero-order chi connectivity index (χ0) is 13.0. The highest BCUT2D eigenvalue weighted by Crippen LogP contribution is 2.23. The number of benzene rings is 1. The molecular formula is C16H25NO. The van der Waals surface area contributed by atoms with Crippen LogP contribution in [0.25, 0.3) is 0 Å². The smallest absolute Gasteiger partial charge is 0.122 e. The Balaban J connectivity index is 1.99. The lowest BCUT2D eigenvalue weighted by Crippen LogP contribution is -2.30. The van der Waals surface area contributed by atoms with Crippen LogP contribution in [-0.4, -0.2) is 19.2 Å². The fourth-order valence-corrected chi connectivity index (χ4v) is 2.66. The Morgan fingerprint density at radius 2 is 2.22 bits per heavy atom. The fourth-order valence-electron chi connectivity index (χ4n) is 2.66. The van der Waals surface area contributed by atoms with E-state index in [4.69, 9.17) is 4.74 Å². The number of ether oxygens (including phenoxy) is 1. The summed E-state index contributed by atoms with van der Waals surface area (Å²) in [5, 5.41) is 3.48. The van der Waals surface area contributed by atoms with Crippen molar-refractivity contribution < 1.29 is 4.74 Å². The normalized spacial score (nSPS) is 20.1. The van der Waals surface area contributed by atoms with E-state index in [0.29, 0.717) is 0 Å². The second-order valence-electron chi connectivity index (χ2n) is 5.68. The van der Waals surface area contributed by atoms with Crippen molar-refractivity contribution in [2.75, 3.05) is 13.1 Å². The van der Waals surface area contributed by atoms with Crippen LogP contribution in [0.3, 0.4) is 0 Å². The van der Waals surface area contributed by atoms with Crippen molar-refractivity contribution in [2.45, 2.75) is 46.1 Å². The Bertz CT molecular complexity index is 381. The summed E-state index contributed by atoms with van der Waals surface area (Å²) < 4.78 is 5.78. The van der Waals surface area contributed by atoms with E-state index < -0.39 is 0 Å². The predicted molar refractivity (Wildman–Crippen MR) is 76.2 cm³/mol. The third-order valence-electron chi connectivity index (χ3n) is 3.53. The van der Waals surface area contributed by atoms with Gasteiger partial charge in [-0.3, -0.25) is 0 Å². The molecule has 1 N–H and O–H groups in total. The van der Waals surface area contributed by atoms with Crippen LogP contribution in [0, 0.1) is 12.8 Å². The van der Waals surface area contributed by atoms with Crippen molar-refractivity contribution in [3.63, 3.8) is 0 Å². The van der Waals surface area contributed by atoms with Gasteiger partial charge in [-0.25, -0.2) is 0 Å². The van der Waals surface area contributed by atoms with Crippen LogP contribution in [0.1, 0.15) is 37.8 Å².